The Morgan fingerprint density at radius 1 is 1.18 bits per heavy atom. The Morgan fingerprint density at radius 2 is 1.82 bits per heavy atom. The molecule has 0 aromatic heterocycles. The van der Waals surface area contributed by atoms with Crippen molar-refractivity contribution in [3.8, 4) is 0 Å². The fraction of sp³-hybridized carbons (Fsp3) is 0.556. The van der Waals surface area contributed by atoms with E-state index in [-0.39, 0.29) is 23.9 Å². The minimum absolute atomic E-state index is 0.0351. The van der Waals surface area contributed by atoms with Crippen LogP contribution < -0.4 is 10.6 Å². The second-order valence-corrected chi connectivity index (χ2v) is 7.49. The van der Waals surface area contributed by atoms with E-state index in [1.807, 2.05) is 26.8 Å². The van der Waals surface area contributed by atoms with E-state index in [2.05, 4.69) is 35.8 Å². The van der Waals surface area contributed by atoms with Crippen LogP contribution in [-0.2, 0) is 22.4 Å². The molecule has 0 fully saturated rings. The van der Waals surface area contributed by atoms with Crippen molar-refractivity contribution in [1.82, 2.24) is 10.6 Å². The maximum absolute atomic E-state index is 12.1. The van der Waals surface area contributed by atoms with Crippen LogP contribution in [0.25, 0.3) is 0 Å². The lowest BCUT2D eigenvalue weighted by atomic mass is 9.79. The van der Waals surface area contributed by atoms with Crippen LogP contribution >= 0.6 is 0 Å². The van der Waals surface area contributed by atoms with E-state index >= 15 is 0 Å². The van der Waals surface area contributed by atoms with E-state index in [9.17, 15) is 9.59 Å². The first kappa shape index (κ1) is 16.5. The van der Waals surface area contributed by atoms with Gasteiger partial charge in [0.05, 0.1) is 6.54 Å². The molecule has 0 spiro atoms. The first-order valence-electron chi connectivity index (χ1n) is 7.86. The van der Waals surface area contributed by atoms with Gasteiger partial charge >= 0.3 is 0 Å². The van der Waals surface area contributed by atoms with Crippen LogP contribution in [0.3, 0.4) is 0 Å². The summed E-state index contributed by atoms with van der Waals surface area (Å²) in [7, 11) is 0. The zero-order chi connectivity index (χ0) is 16.4. The standard InChI is InChI=1S/C18H26N2O2/c1-17(2,3)16(22)19-12-15(21)20-18(4)10-9-13-7-5-6-8-14(13)11-18/h5-8H,9-12H2,1-4H3,(H,19,22)(H,20,21)/t18-/m1/s1. The molecule has 0 radical (unpaired) electrons. The molecule has 1 aromatic rings. The van der Waals surface area contributed by atoms with Gasteiger partial charge in [-0.3, -0.25) is 9.59 Å². The first-order chi connectivity index (χ1) is 10.2. The monoisotopic (exact) mass is 302 g/mol. The molecule has 0 saturated carbocycles. The normalized spacial score (nSPS) is 20.9. The van der Waals surface area contributed by atoms with Gasteiger partial charge in [-0.05, 0) is 37.3 Å². The summed E-state index contributed by atoms with van der Waals surface area (Å²) in [6, 6.07) is 8.37. The summed E-state index contributed by atoms with van der Waals surface area (Å²) in [5.74, 6) is -0.235. The number of amides is 2. The van der Waals surface area contributed by atoms with Crippen LogP contribution in [0.1, 0.15) is 45.2 Å². The lowest BCUT2D eigenvalue weighted by molar-refractivity contribution is -0.131. The van der Waals surface area contributed by atoms with Crippen LogP contribution in [0.4, 0.5) is 0 Å². The molecule has 22 heavy (non-hydrogen) atoms. The van der Waals surface area contributed by atoms with Crippen molar-refractivity contribution in [2.45, 2.75) is 52.5 Å². The van der Waals surface area contributed by atoms with Gasteiger partial charge in [0.1, 0.15) is 0 Å². The summed E-state index contributed by atoms with van der Waals surface area (Å²) >= 11 is 0. The molecule has 0 aliphatic heterocycles. The first-order valence-corrected chi connectivity index (χ1v) is 7.86. The summed E-state index contributed by atoms with van der Waals surface area (Å²) in [4.78, 5) is 23.9. The fourth-order valence-electron chi connectivity index (χ4n) is 2.81. The van der Waals surface area contributed by atoms with Crippen LogP contribution in [0.5, 0.6) is 0 Å². The molecular weight excluding hydrogens is 276 g/mol. The minimum atomic E-state index is -0.478. The summed E-state index contributed by atoms with van der Waals surface area (Å²) in [5.41, 5.74) is 1.96. The minimum Gasteiger partial charge on any atom is -0.349 e. The zero-order valence-corrected chi connectivity index (χ0v) is 14.0. The van der Waals surface area contributed by atoms with Gasteiger partial charge in [0.2, 0.25) is 11.8 Å². The molecule has 120 valence electrons. The third-order valence-electron chi connectivity index (χ3n) is 4.18. The van der Waals surface area contributed by atoms with E-state index < -0.39 is 5.41 Å². The molecule has 1 atom stereocenters. The summed E-state index contributed by atoms with van der Waals surface area (Å²) in [5, 5.41) is 5.79. The number of hydrogen-bond acceptors (Lipinski definition) is 2. The summed E-state index contributed by atoms with van der Waals surface area (Å²) < 4.78 is 0. The molecule has 1 aliphatic rings. The van der Waals surface area contributed by atoms with Crippen LogP contribution in [0.2, 0.25) is 0 Å². The summed E-state index contributed by atoms with van der Waals surface area (Å²) in [6.07, 6.45) is 2.73. The Balaban J connectivity index is 1.91. The highest BCUT2D eigenvalue weighted by atomic mass is 16.2. The smallest absolute Gasteiger partial charge is 0.239 e. The molecule has 0 saturated heterocycles. The number of nitrogens with one attached hydrogen (secondary N) is 2. The predicted molar refractivity (Wildman–Crippen MR) is 87.5 cm³/mol. The third-order valence-corrected chi connectivity index (χ3v) is 4.18. The molecule has 4 nitrogen and oxygen atoms in total. The lowest BCUT2D eigenvalue weighted by Crippen LogP contribution is -2.53. The number of hydrogen-bond donors (Lipinski definition) is 2. The molecule has 2 rings (SSSR count). The highest BCUT2D eigenvalue weighted by molar-refractivity contribution is 5.87. The topological polar surface area (TPSA) is 58.2 Å². The predicted octanol–water partition coefficient (Wildman–Crippen LogP) is 2.21. The van der Waals surface area contributed by atoms with E-state index in [1.165, 1.54) is 11.1 Å². The molecular formula is C18H26N2O2. The SMILES string of the molecule is CC(C)(C)C(=O)NCC(=O)N[C@]1(C)CCc2ccccc2C1. The largest absolute Gasteiger partial charge is 0.349 e. The van der Waals surface area contributed by atoms with Gasteiger partial charge < -0.3 is 10.6 Å². The molecule has 4 heteroatoms. The van der Waals surface area contributed by atoms with Crippen molar-refractivity contribution in [3.63, 3.8) is 0 Å². The quantitative estimate of drug-likeness (QED) is 0.899. The van der Waals surface area contributed by atoms with Gasteiger partial charge in [-0.2, -0.15) is 0 Å². The molecule has 0 heterocycles. The van der Waals surface area contributed by atoms with Crippen LogP contribution in [0.15, 0.2) is 24.3 Å². The van der Waals surface area contributed by atoms with Gasteiger partial charge in [0.25, 0.3) is 0 Å². The summed E-state index contributed by atoms with van der Waals surface area (Å²) in [6.45, 7) is 7.61. The van der Waals surface area contributed by atoms with Crippen molar-refractivity contribution in [2.24, 2.45) is 5.41 Å². The number of benzene rings is 1. The van der Waals surface area contributed by atoms with Crippen molar-refractivity contribution in [1.29, 1.82) is 0 Å². The van der Waals surface area contributed by atoms with Gasteiger partial charge in [0.15, 0.2) is 0 Å². The van der Waals surface area contributed by atoms with Gasteiger partial charge in [-0.25, -0.2) is 0 Å². The molecule has 2 amide bonds. The maximum Gasteiger partial charge on any atom is 0.239 e. The Hall–Kier alpha value is -1.84. The zero-order valence-electron chi connectivity index (χ0n) is 14.0. The Labute approximate surface area is 132 Å². The van der Waals surface area contributed by atoms with E-state index in [1.54, 1.807) is 0 Å². The number of fused-ring (bicyclic) bond motifs is 1. The molecule has 1 aromatic carbocycles. The second kappa shape index (κ2) is 6.11. The van der Waals surface area contributed by atoms with Crippen molar-refractivity contribution < 1.29 is 9.59 Å². The average Bonchev–Trinajstić information content (AvgIpc) is 2.43. The number of carbonyl (C=O) groups excluding carboxylic acids is 2. The third kappa shape index (κ3) is 4.09. The molecule has 2 N–H and O–H groups in total. The number of aryl methyl sites for hydroxylation is 1. The van der Waals surface area contributed by atoms with Crippen molar-refractivity contribution >= 4 is 11.8 Å². The van der Waals surface area contributed by atoms with Crippen LogP contribution in [0, 0.1) is 5.41 Å². The van der Waals surface area contributed by atoms with Gasteiger partial charge in [-0.1, -0.05) is 45.0 Å². The van der Waals surface area contributed by atoms with E-state index in [0.717, 1.165) is 19.3 Å². The number of carbonyl (C=O) groups is 2. The Kier molecular flexibility index (Phi) is 4.59. The second-order valence-electron chi connectivity index (χ2n) is 7.49. The van der Waals surface area contributed by atoms with Gasteiger partial charge in [-0.15, -0.1) is 0 Å². The van der Waals surface area contributed by atoms with Crippen molar-refractivity contribution in [3.05, 3.63) is 35.4 Å². The highest BCUT2D eigenvalue weighted by Gasteiger charge is 2.31. The van der Waals surface area contributed by atoms with Crippen molar-refractivity contribution in [2.75, 3.05) is 6.54 Å². The molecule has 0 bridgehead atoms. The van der Waals surface area contributed by atoms with E-state index in [0.29, 0.717) is 0 Å². The fourth-order valence-corrected chi connectivity index (χ4v) is 2.81. The van der Waals surface area contributed by atoms with Gasteiger partial charge in [0, 0.05) is 11.0 Å². The molecule has 0 unspecified atom stereocenters. The Morgan fingerprint density at radius 3 is 2.45 bits per heavy atom. The average molecular weight is 302 g/mol. The Bertz CT molecular complexity index is 575. The molecule has 1 aliphatic carbocycles. The highest BCUT2D eigenvalue weighted by Crippen LogP contribution is 2.28. The van der Waals surface area contributed by atoms with Crippen LogP contribution in [-0.4, -0.2) is 23.9 Å². The number of rotatable bonds is 3. The lowest BCUT2D eigenvalue weighted by Gasteiger charge is -2.36. The van der Waals surface area contributed by atoms with E-state index in [4.69, 9.17) is 0 Å². The maximum atomic E-state index is 12.1.